The van der Waals surface area contributed by atoms with Crippen LogP contribution in [0.4, 0.5) is 0 Å². The Morgan fingerprint density at radius 2 is 2.31 bits per heavy atom. The first-order valence-corrected chi connectivity index (χ1v) is 6.85. The number of aryl methyl sites for hydroxylation is 1. The molecule has 2 rings (SSSR count). The second-order valence-electron chi connectivity index (χ2n) is 3.65. The molecule has 0 aromatic carbocycles. The van der Waals surface area contributed by atoms with Gasteiger partial charge in [-0.25, -0.2) is 9.67 Å². The first kappa shape index (κ1) is 11.5. The number of nitrogens with zero attached hydrogens (tertiary/aromatic N) is 5. The van der Waals surface area contributed by atoms with Crippen molar-refractivity contribution in [1.29, 1.82) is 0 Å². The minimum Gasteiger partial charge on any atom is -0.246 e. The van der Waals surface area contributed by atoms with Crippen molar-refractivity contribution in [3.8, 4) is 0 Å². The Balaban J connectivity index is 2.02. The molecule has 0 unspecified atom stereocenters. The maximum atomic E-state index is 4.40. The van der Waals surface area contributed by atoms with Gasteiger partial charge in [-0.3, -0.25) is 0 Å². The molecule has 0 saturated carbocycles. The fourth-order valence-corrected chi connectivity index (χ4v) is 2.83. The lowest BCUT2D eigenvalue weighted by Crippen LogP contribution is -2.04. The summed E-state index contributed by atoms with van der Waals surface area (Å²) in [6.07, 6.45) is 0. The molecule has 0 aliphatic carbocycles. The predicted molar refractivity (Wildman–Crippen MR) is 64.6 cm³/mol. The van der Waals surface area contributed by atoms with E-state index in [2.05, 4.69) is 39.7 Å². The molecular formula is C9H13N5S2. The normalized spacial score (nSPS) is 11.2. The lowest BCUT2D eigenvalue weighted by molar-refractivity contribution is 0.477. The van der Waals surface area contributed by atoms with Gasteiger partial charge in [0.2, 0.25) is 5.16 Å². The van der Waals surface area contributed by atoms with Gasteiger partial charge in [-0.1, -0.05) is 11.8 Å². The van der Waals surface area contributed by atoms with Crippen LogP contribution in [0.5, 0.6) is 0 Å². The number of aromatic nitrogens is 5. The van der Waals surface area contributed by atoms with Crippen LogP contribution in [0.3, 0.4) is 0 Å². The molecule has 0 spiro atoms. The molecular weight excluding hydrogens is 242 g/mol. The van der Waals surface area contributed by atoms with E-state index in [-0.39, 0.29) is 6.04 Å². The molecule has 0 radical (unpaired) electrons. The fraction of sp³-hybridized carbons (Fsp3) is 0.556. The maximum absolute atomic E-state index is 4.40. The van der Waals surface area contributed by atoms with Gasteiger partial charge in [-0.05, 0) is 31.2 Å². The summed E-state index contributed by atoms with van der Waals surface area (Å²) in [7, 11) is 0. The summed E-state index contributed by atoms with van der Waals surface area (Å²) in [6.45, 7) is 6.14. The maximum Gasteiger partial charge on any atom is 0.209 e. The Hall–Kier alpha value is -0.950. The van der Waals surface area contributed by atoms with Gasteiger partial charge in [-0.15, -0.1) is 16.4 Å². The van der Waals surface area contributed by atoms with Gasteiger partial charge in [0.15, 0.2) is 0 Å². The van der Waals surface area contributed by atoms with Crippen LogP contribution in [0, 0.1) is 6.92 Å². The van der Waals surface area contributed by atoms with Crippen LogP contribution in [-0.4, -0.2) is 25.2 Å². The molecule has 0 aliphatic rings. The van der Waals surface area contributed by atoms with E-state index in [0.717, 1.165) is 21.6 Å². The van der Waals surface area contributed by atoms with Gasteiger partial charge in [0.25, 0.3) is 0 Å². The van der Waals surface area contributed by atoms with E-state index in [1.165, 1.54) is 0 Å². The Bertz CT molecular complexity index is 462. The molecule has 16 heavy (non-hydrogen) atoms. The molecule has 5 nitrogen and oxygen atoms in total. The summed E-state index contributed by atoms with van der Waals surface area (Å²) in [5.41, 5.74) is 1.09. The smallest absolute Gasteiger partial charge is 0.209 e. The zero-order valence-electron chi connectivity index (χ0n) is 9.41. The third-order valence-corrected chi connectivity index (χ3v) is 3.76. The van der Waals surface area contributed by atoms with Gasteiger partial charge in [-0.2, -0.15) is 0 Å². The van der Waals surface area contributed by atoms with E-state index in [4.69, 9.17) is 0 Å². The van der Waals surface area contributed by atoms with Gasteiger partial charge in [0, 0.05) is 11.1 Å². The van der Waals surface area contributed by atoms with Crippen molar-refractivity contribution in [2.24, 2.45) is 0 Å². The molecule has 0 bridgehead atoms. The molecule has 2 heterocycles. The second kappa shape index (κ2) is 4.92. The van der Waals surface area contributed by atoms with Crippen LogP contribution < -0.4 is 0 Å². The van der Waals surface area contributed by atoms with E-state index >= 15 is 0 Å². The second-order valence-corrected chi connectivity index (χ2v) is 5.65. The fourth-order valence-electron chi connectivity index (χ4n) is 1.22. The summed E-state index contributed by atoms with van der Waals surface area (Å²) in [6, 6.07) is 0.287. The summed E-state index contributed by atoms with van der Waals surface area (Å²) in [5.74, 6) is 0.817. The first-order valence-electron chi connectivity index (χ1n) is 4.98. The third kappa shape index (κ3) is 2.59. The minimum atomic E-state index is 0.287. The van der Waals surface area contributed by atoms with Crippen molar-refractivity contribution in [2.75, 3.05) is 0 Å². The van der Waals surface area contributed by atoms with Gasteiger partial charge in [0.1, 0.15) is 0 Å². The van der Waals surface area contributed by atoms with Crippen molar-refractivity contribution in [2.45, 2.75) is 37.7 Å². The average molecular weight is 255 g/mol. The molecule has 0 amide bonds. The highest BCUT2D eigenvalue weighted by Gasteiger charge is 2.10. The monoisotopic (exact) mass is 255 g/mol. The standard InChI is InChI=1S/C9H13N5S2/c1-6(2)14-9(11-12-13-14)16-5-8-4-15-7(3)10-8/h4,6H,5H2,1-3H3. The largest absolute Gasteiger partial charge is 0.246 e. The molecule has 2 aromatic rings. The van der Waals surface area contributed by atoms with Crippen LogP contribution in [-0.2, 0) is 5.75 Å². The van der Waals surface area contributed by atoms with Crippen LogP contribution in [0.1, 0.15) is 30.6 Å². The van der Waals surface area contributed by atoms with E-state index in [0.29, 0.717) is 0 Å². The Kier molecular flexibility index (Phi) is 3.55. The van der Waals surface area contributed by atoms with E-state index < -0.39 is 0 Å². The number of hydrogen-bond acceptors (Lipinski definition) is 6. The lowest BCUT2D eigenvalue weighted by Gasteiger charge is -2.05. The number of thioether (sulfide) groups is 1. The summed E-state index contributed by atoms with van der Waals surface area (Å²) in [4.78, 5) is 4.40. The SMILES string of the molecule is Cc1nc(CSc2nnnn2C(C)C)cs1. The van der Waals surface area contributed by atoms with Crippen LogP contribution in [0.25, 0.3) is 0 Å². The Labute approximate surface area is 102 Å². The summed E-state index contributed by atoms with van der Waals surface area (Å²) >= 11 is 3.29. The molecule has 2 aromatic heterocycles. The number of tetrazole rings is 1. The van der Waals surface area contributed by atoms with Crippen LogP contribution in [0.2, 0.25) is 0 Å². The van der Waals surface area contributed by atoms with Crippen molar-refractivity contribution in [3.05, 3.63) is 16.1 Å². The molecule has 0 N–H and O–H groups in total. The highest BCUT2D eigenvalue weighted by Crippen LogP contribution is 2.22. The summed E-state index contributed by atoms with van der Waals surface area (Å²) < 4.78 is 1.82. The zero-order valence-corrected chi connectivity index (χ0v) is 11.0. The van der Waals surface area contributed by atoms with Crippen molar-refractivity contribution < 1.29 is 0 Å². The third-order valence-electron chi connectivity index (χ3n) is 1.97. The van der Waals surface area contributed by atoms with Crippen molar-refractivity contribution >= 4 is 23.1 Å². The Morgan fingerprint density at radius 3 is 2.94 bits per heavy atom. The number of rotatable bonds is 4. The summed E-state index contributed by atoms with van der Waals surface area (Å²) in [5, 5.41) is 15.7. The molecule has 0 fully saturated rings. The number of hydrogen-bond donors (Lipinski definition) is 0. The van der Waals surface area contributed by atoms with E-state index in [1.54, 1.807) is 23.1 Å². The minimum absolute atomic E-state index is 0.287. The van der Waals surface area contributed by atoms with E-state index in [9.17, 15) is 0 Å². The topological polar surface area (TPSA) is 56.5 Å². The molecule has 86 valence electrons. The van der Waals surface area contributed by atoms with Crippen molar-refractivity contribution in [3.63, 3.8) is 0 Å². The molecule has 0 aliphatic heterocycles. The van der Waals surface area contributed by atoms with Gasteiger partial charge in [0.05, 0.1) is 16.7 Å². The highest BCUT2D eigenvalue weighted by atomic mass is 32.2. The van der Waals surface area contributed by atoms with Crippen LogP contribution in [0.15, 0.2) is 10.5 Å². The average Bonchev–Trinajstić information content (AvgIpc) is 2.83. The quantitative estimate of drug-likeness (QED) is 0.785. The number of thiazole rings is 1. The lowest BCUT2D eigenvalue weighted by atomic mass is 10.4. The van der Waals surface area contributed by atoms with Gasteiger partial charge < -0.3 is 0 Å². The first-order chi connectivity index (χ1) is 7.66. The van der Waals surface area contributed by atoms with E-state index in [1.807, 2.05) is 11.6 Å². The van der Waals surface area contributed by atoms with Gasteiger partial charge >= 0.3 is 0 Å². The molecule has 7 heteroatoms. The zero-order chi connectivity index (χ0) is 11.5. The predicted octanol–water partition coefficient (Wildman–Crippen LogP) is 2.31. The van der Waals surface area contributed by atoms with Crippen LogP contribution >= 0.6 is 23.1 Å². The van der Waals surface area contributed by atoms with Crippen molar-refractivity contribution in [1.82, 2.24) is 25.2 Å². The molecule has 0 atom stereocenters. The Morgan fingerprint density at radius 1 is 1.50 bits per heavy atom. The highest BCUT2D eigenvalue weighted by molar-refractivity contribution is 7.98. The molecule has 0 saturated heterocycles.